The van der Waals surface area contributed by atoms with Crippen LogP contribution in [-0.4, -0.2) is 10.9 Å². The van der Waals surface area contributed by atoms with E-state index < -0.39 is 11.4 Å². The molecule has 0 spiro atoms. The number of nitriles is 1. The maximum Gasteiger partial charge on any atom is 0.258 e. The summed E-state index contributed by atoms with van der Waals surface area (Å²) in [7, 11) is 0. The molecule has 0 aliphatic carbocycles. The first kappa shape index (κ1) is 20.3. The van der Waals surface area contributed by atoms with Gasteiger partial charge in [-0.1, -0.05) is 35.9 Å². The summed E-state index contributed by atoms with van der Waals surface area (Å²) >= 11 is 6.15. The third kappa shape index (κ3) is 4.18. The number of hydrogen-bond acceptors (Lipinski definition) is 3. The Morgan fingerprint density at radius 1 is 1.06 bits per heavy atom. The van der Waals surface area contributed by atoms with Crippen molar-refractivity contribution in [2.24, 2.45) is 0 Å². The van der Waals surface area contributed by atoms with Crippen LogP contribution in [0.3, 0.4) is 0 Å². The highest BCUT2D eigenvalue weighted by Crippen LogP contribution is 2.26. The Labute approximate surface area is 181 Å². The minimum atomic E-state index is -0.557. The van der Waals surface area contributed by atoms with E-state index in [4.69, 9.17) is 11.6 Å². The predicted molar refractivity (Wildman–Crippen MR) is 118 cm³/mol. The number of fused-ring (bicyclic) bond motifs is 1. The second-order valence-electron chi connectivity index (χ2n) is 6.88. The smallest absolute Gasteiger partial charge is 0.258 e. The number of amides is 1. The van der Waals surface area contributed by atoms with E-state index in [-0.39, 0.29) is 18.0 Å². The van der Waals surface area contributed by atoms with Gasteiger partial charge >= 0.3 is 0 Å². The molecule has 5 nitrogen and oxygen atoms in total. The molecule has 0 radical (unpaired) electrons. The zero-order valence-corrected chi connectivity index (χ0v) is 16.9. The zero-order valence-electron chi connectivity index (χ0n) is 16.1. The van der Waals surface area contributed by atoms with Crippen molar-refractivity contribution < 1.29 is 9.18 Å². The molecule has 0 aliphatic rings. The monoisotopic (exact) mass is 431 g/mol. The molecule has 0 unspecified atom stereocenters. The van der Waals surface area contributed by atoms with E-state index in [1.165, 1.54) is 23.1 Å². The highest BCUT2D eigenvalue weighted by atomic mass is 35.5. The highest BCUT2D eigenvalue weighted by molar-refractivity contribution is 6.31. The molecule has 1 N–H and O–H groups in total. The number of anilines is 1. The standard InChI is InChI=1S/C24H15ClFN3O2/c25-18-6-2-7-19(12-18)29(24(31)16-5-1-4-15(10-16)13-27)14-17-11-22(30)28-23-20(17)8-3-9-21(23)26/h1-12H,14H2,(H,28,30). The van der Waals surface area contributed by atoms with Gasteiger partial charge in [-0.2, -0.15) is 5.26 Å². The molecule has 0 bridgehead atoms. The van der Waals surface area contributed by atoms with Gasteiger partial charge in [-0.25, -0.2) is 4.39 Å². The summed E-state index contributed by atoms with van der Waals surface area (Å²) < 4.78 is 14.3. The number of hydrogen-bond donors (Lipinski definition) is 1. The number of pyridine rings is 1. The van der Waals surface area contributed by atoms with Crippen LogP contribution in [0.2, 0.25) is 5.02 Å². The molecule has 4 aromatic rings. The molecule has 0 saturated heterocycles. The van der Waals surface area contributed by atoms with Crippen LogP contribution in [0.25, 0.3) is 10.9 Å². The number of benzene rings is 3. The molecule has 1 aromatic heterocycles. The van der Waals surface area contributed by atoms with E-state index in [1.807, 2.05) is 6.07 Å². The van der Waals surface area contributed by atoms with Crippen molar-refractivity contribution >= 4 is 34.1 Å². The highest BCUT2D eigenvalue weighted by Gasteiger charge is 2.21. The lowest BCUT2D eigenvalue weighted by Gasteiger charge is -2.24. The molecule has 1 amide bonds. The molecule has 0 saturated carbocycles. The molecule has 7 heteroatoms. The first-order valence-electron chi connectivity index (χ1n) is 9.34. The Morgan fingerprint density at radius 3 is 2.61 bits per heavy atom. The fourth-order valence-electron chi connectivity index (χ4n) is 3.42. The SMILES string of the molecule is N#Cc1cccc(C(=O)N(Cc2cc(=O)[nH]c3c(F)cccc23)c2cccc(Cl)c2)c1. The fraction of sp³-hybridized carbons (Fsp3) is 0.0417. The Kier molecular flexibility index (Phi) is 5.52. The second kappa shape index (κ2) is 8.42. The third-order valence-electron chi connectivity index (χ3n) is 4.85. The van der Waals surface area contributed by atoms with Crippen molar-refractivity contribution in [1.29, 1.82) is 5.26 Å². The number of para-hydroxylation sites is 1. The fourth-order valence-corrected chi connectivity index (χ4v) is 3.60. The minimum Gasteiger partial charge on any atom is -0.319 e. The molecular weight excluding hydrogens is 417 g/mol. The van der Waals surface area contributed by atoms with Crippen LogP contribution < -0.4 is 10.5 Å². The summed E-state index contributed by atoms with van der Waals surface area (Å²) in [6.45, 7) is -0.000169. The van der Waals surface area contributed by atoms with Crippen LogP contribution in [0.5, 0.6) is 0 Å². The summed E-state index contributed by atoms with van der Waals surface area (Å²) in [4.78, 5) is 29.6. The molecule has 3 aromatic carbocycles. The molecule has 0 fully saturated rings. The number of H-pyrrole nitrogens is 1. The van der Waals surface area contributed by atoms with Crippen LogP contribution in [0, 0.1) is 17.1 Å². The molecule has 1 heterocycles. The first-order valence-corrected chi connectivity index (χ1v) is 9.72. The summed E-state index contributed by atoms with van der Waals surface area (Å²) in [5.74, 6) is -0.942. The van der Waals surface area contributed by atoms with E-state index in [1.54, 1.807) is 54.6 Å². The van der Waals surface area contributed by atoms with Gasteiger partial charge in [-0.05, 0) is 48.0 Å². The van der Waals surface area contributed by atoms with E-state index in [0.29, 0.717) is 32.8 Å². The lowest BCUT2D eigenvalue weighted by Crippen LogP contribution is -2.31. The first-order chi connectivity index (χ1) is 15.0. The molecule has 152 valence electrons. The number of carbonyl (C=O) groups excluding carboxylic acids is 1. The summed E-state index contributed by atoms with van der Waals surface area (Å²) in [5, 5.41) is 10.1. The van der Waals surface area contributed by atoms with E-state index in [0.717, 1.165) is 0 Å². The van der Waals surface area contributed by atoms with Gasteiger partial charge < -0.3 is 9.88 Å². The summed E-state index contributed by atoms with van der Waals surface area (Å²) in [5.41, 5.74) is 1.24. The number of halogens is 2. The van der Waals surface area contributed by atoms with E-state index in [2.05, 4.69) is 4.98 Å². The largest absolute Gasteiger partial charge is 0.319 e. The average Bonchev–Trinajstić information content (AvgIpc) is 2.77. The average molecular weight is 432 g/mol. The van der Waals surface area contributed by atoms with Crippen molar-refractivity contribution in [3.8, 4) is 6.07 Å². The van der Waals surface area contributed by atoms with Gasteiger partial charge in [0, 0.05) is 27.7 Å². The van der Waals surface area contributed by atoms with Crippen LogP contribution in [0.1, 0.15) is 21.5 Å². The Morgan fingerprint density at radius 2 is 1.84 bits per heavy atom. The van der Waals surface area contributed by atoms with Gasteiger partial charge in [0.05, 0.1) is 23.7 Å². The molecule has 0 aliphatic heterocycles. The zero-order chi connectivity index (χ0) is 22.0. The Balaban J connectivity index is 1.86. The van der Waals surface area contributed by atoms with Crippen LogP contribution in [0.15, 0.2) is 77.6 Å². The number of nitrogens with one attached hydrogen (secondary N) is 1. The lowest BCUT2D eigenvalue weighted by molar-refractivity contribution is 0.0985. The normalized spacial score (nSPS) is 10.6. The number of aromatic nitrogens is 1. The Hall–Kier alpha value is -3.95. The van der Waals surface area contributed by atoms with Crippen molar-refractivity contribution in [2.45, 2.75) is 6.54 Å². The minimum absolute atomic E-state index is 0.000169. The van der Waals surface area contributed by atoms with Gasteiger partial charge in [0.25, 0.3) is 5.91 Å². The van der Waals surface area contributed by atoms with Crippen LogP contribution in [0.4, 0.5) is 10.1 Å². The second-order valence-corrected chi connectivity index (χ2v) is 7.32. The van der Waals surface area contributed by atoms with E-state index in [9.17, 15) is 19.2 Å². The lowest BCUT2D eigenvalue weighted by atomic mass is 10.1. The molecule has 0 atom stereocenters. The van der Waals surface area contributed by atoms with Crippen molar-refractivity contribution in [3.05, 3.63) is 111 Å². The predicted octanol–water partition coefficient (Wildman–Crippen LogP) is 5.04. The van der Waals surface area contributed by atoms with Crippen LogP contribution >= 0.6 is 11.6 Å². The number of nitrogens with zero attached hydrogens (tertiary/aromatic N) is 2. The van der Waals surface area contributed by atoms with Gasteiger partial charge in [0.15, 0.2) is 0 Å². The van der Waals surface area contributed by atoms with Gasteiger partial charge in [0.2, 0.25) is 5.56 Å². The summed E-state index contributed by atoms with van der Waals surface area (Å²) in [6, 6.07) is 20.9. The van der Waals surface area contributed by atoms with Crippen molar-refractivity contribution in [2.75, 3.05) is 4.90 Å². The van der Waals surface area contributed by atoms with Gasteiger partial charge in [0.1, 0.15) is 5.82 Å². The third-order valence-corrected chi connectivity index (χ3v) is 5.08. The molecular formula is C24H15ClFN3O2. The topological polar surface area (TPSA) is 77.0 Å². The van der Waals surface area contributed by atoms with Gasteiger partial charge in [-0.3, -0.25) is 9.59 Å². The maximum absolute atomic E-state index is 14.3. The van der Waals surface area contributed by atoms with E-state index >= 15 is 0 Å². The van der Waals surface area contributed by atoms with Crippen molar-refractivity contribution in [3.63, 3.8) is 0 Å². The number of carbonyl (C=O) groups is 1. The number of rotatable bonds is 4. The number of aromatic amines is 1. The molecule has 31 heavy (non-hydrogen) atoms. The van der Waals surface area contributed by atoms with Crippen LogP contribution in [-0.2, 0) is 6.54 Å². The maximum atomic E-state index is 14.3. The summed E-state index contributed by atoms with van der Waals surface area (Å²) in [6.07, 6.45) is 0. The molecule has 4 rings (SSSR count). The Bertz CT molecular complexity index is 1410. The quantitative estimate of drug-likeness (QED) is 0.491. The van der Waals surface area contributed by atoms with Gasteiger partial charge in [-0.15, -0.1) is 0 Å². The van der Waals surface area contributed by atoms with Crippen molar-refractivity contribution in [1.82, 2.24) is 4.98 Å².